The summed E-state index contributed by atoms with van der Waals surface area (Å²) in [6.07, 6.45) is 1.38. The minimum Gasteiger partial charge on any atom is -0.463 e. The normalized spacial score (nSPS) is 17.0. The maximum absolute atomic E-state index is 13.6. The summed E-state index contributed by atoms with van der Waals surface area (Å²) < 4.78 is 20.3. The third-order valence-electron chi connectivity index (χ3n) is 3.45. The van der Waals surface area contributed by atoms with Crippen LogP contribution in [0.15, 0.2) is 41.9 Å². The fourth-order valence-electron chi connectivity index (χ4n) is 2.55. The van der Waals surface area contributed by atoms with E-state index in [1.807, 2.05) is 0 Å². The van der Waals surface area contributed by atoms with Gasteiger partial charge < -0.3 is 10.1 Å². The Morgan fingerprint density at radius 2 is 2.32 bits per heavy atom. The number of esters is 1. The molecule has 6 nitrogen and oxygen atoms in total. The van der Waals surface area contributed by atoms with Gasteiger partial charge in [-0.15, -0.1) is 0 Å². The van der Waals surface area contributed by atoms with Crippen LogP contribution in [0.1, 0.15) is 25.5 Å². The quantitative estimate of drug-likeness (QED) is 0.881. The second kappa shape index (κ2) is 5.59. The molecule has 7 heteroatoms. The van der Waals surface area contributed by atoms with Gasteiger partial charge in [-0.05, 0) is 31.5 Å². The number of fused-ring (bicyclic) bond motifs is 1. The van der Waals surface area contributed by atoms with Gasteiger partial charge >= 0.3 is 5.97 Å². The Hall–Kier alpha value is -2.70. The number of nitrogens with zero attached hydrogens (tertiary/aromatic N) is 3. The first-order valence-electron chi connectivity index (χ1n) is 6.91. The summed E-state index contributed by atoms with van der Waals surface area (Å²) in [5, 5.41) is 7.17. The lowest BCUT2D eigenvalue weighted by Crippen LogP contribution is -2.29. The highest BCUT2D eigenvalue weighted by molar-refractivity contribution is 5.92. The van der Waals surface area contributed by atoms with Crippen molar-refractivity contribution >= 4 is 11.9 Å². The zero-order valence-electron chi connectivity index (χ0n) is 12.2. The number of halogens is 1. The standard InChI is InChI=1S/C15H15FN4O2/c1-3-22-14(21)12-9(2)19-15-17-8-18-20(15)13(12)10-5-4-6-11(16)7-10/h4-8,13H,3H2,1-2H3,(H,17,18,19)/t13-/m0/s1. The molecule has 1 atom stereocenters. The van der Waals surface area contributed by atoms with Crippen molar-refractivity contribution in [3.05, 3.63) is 53.2 Å². The highest BCUT2D eigenvalue weighted by Gasteiger charge is 2.34. The average Bonchev–Trinajstić information content (AvgIpc) is 2.93. The number of allylic oxidation sites excluding steroid dienone is 1. The van der Waals surface area contributed by atoms with E-state index in [-0.39, 0.29) is 12.4 Å². The average molecular weight is 302 g/mol. The lowest BCUT2D eigenvalue weighted by atomic mass is 9.96. The summed E-state index contributed by atoms with van der Waals surface area (Å²) >= 11 is 0. The molecule has 1 aromatic heterocycles. The van der Waals surface area contributed by atoms with E-state index in [1.54, 1.807) is 30.7 Å². The smallest absolute Gasteiger partial charge is 0.338 e. The van der Waals surface area contributed by atoms with E-state index in [0.717, 1.165) is 0 Å². The third-order valence-corrected chi connectivity index (χ3v) is 3.45. The lowest BCUT2D eigenvalue weighted by molar-refractivity contribution is -0.139. The highest BCUT2D eigenvalue weighted by atomic mass is 19.1. The van der Waals surface area contributed by atoms with Gasteiger partial charge in [0.1, 0.15) is 18.2 Å². The maximum Gasteiger partial charge on any atom is 0.338 e. The SMILES string of the molecule is CCOC(=O)C1=C(C)Nc2ncnn2[C@H]1c1cccc(F)c1. The van der Waals surface area contributed by atoms with Crippen molar-refractivity contribution in [1.29, 1.82) is 0 Å². The molecule has 0 aliphatic carbocycles. The Labute approximate surface area is 126 Å². The molecule has 0 bridgehead atoms. The van der Waals surface area contributed by atoms with Gasteiger partial charge in [-0.2, -0.15) is 10.1 Å². The molecule has 2 heterocycles. The van der Waals surface area contributed by atoms with Crippen molar-refractivity contribution in [1.82, 2.24) is 14.8 Å². The second-order valence-corrected chi connectivity index (χ2v) is 4.87. The molecule has 3 rings (SSSR count). The number of hydrogen-bond acceptors (Lipinski definition) is 5. The van der Waals surface area contributed by atoms with Crippen LogP contribution in [-0.4, -0.2) is 27.3 Å². The van der Waals surface area contributed by atoms with Gasteiger partial charge in [-0.3, -0.25) is 0 Å². The molecule has 0 radical (unpaired) electrons. The van der Waals surface area contributed by atoms with Gasteiger partial charge in [-0.25, -0.2) is 13.9 Å². The molecule has 0 fully saturated rings. The molecule has 0 amide bonds. The van der Waals surface area contributed by atoms with Gasteiger partial charge in [0.15, 0.2) is 0 Å². The van der Waals surface area contributed by atoms with E-state index < -0.39 is 12.0 Å². The predicted octanol–water partition coefficient (Wildman–Crippen LogP) is 2.27. The topological polar surface area (TPSA) is 69.0 Å². The van der Waals surface area contributed by atoms with Crippen LogP contribution in [0, 0.1) is 5.82 Å². The minimum atomic E-state index is -0.575. The number of hydrogen-bond donors (Lipinski definition) is 1. The fourth-order valence-corrected chi connectivity index (χ4v) is 2.55. The Balaban J connectivity index is 2.15. The first-order valence-corrected chi connectivity index (χ1v) is 6.91. The Bertz CT molecular complexity index is 754. The fraction of sp³-hybridized carbons (Fsp3) is 0.267. The number of anilines is 1. The first kappa shape index (κ1) is 14.2. The molecule has 0 unspecified atom stereocenters. The number of nitrogens with one attached hydrogen (secondary N) is 1. The number of carbonyl (C=O) groups excluding carboxylic acids is 1. The van der Waals surface area contributed by atoms with Gasteiger partial charge in [-0.1, -0.05) is 12.1 Å². The van der Waals surface area contributed by atoms with Crippen LogP contribution < -0.4 is 5.32 Å². The molecule has 1 aliphatic heterocycles. The lowest BCUT2D eigenvalue weighted by Gasteiger charge is -2.28. The predicted molar refractivity (Wildman–Crippen MR) is 77.5 cm³/mol. The molecular formula is C15H15FN4O2. The van der Waals surface area contributed by atoms with Gasteiger partial charge in [0.2, 0.25) is 5.95 Å². The van der Waals surface area contributed by atoms with Gasteiger partial charge in [0.25, 0.3) is 0 Å². The van der Waals surface area contributed by atoms with Crippen molar-refractivity contribution < 1.29 is 13.9 Å². The molecule has 0 spiro atoms. The van der Waals surface area contributed by atoms with Crippen molar-refractivity contribution in [2.24, 2.45) is 0 Å². The molecule has 0 saturated heterocycles. The molecular weight excluding hydrogens is 287 g/mol. The zero-order chi connectivity index (χ0) is 15.7. The van der Waals surface area contributed by atoms with Crippen LogP contribution in [0.25, 0.3) is 0 Å². The first-order chi connectivity index (χ1) is 10.6. The minimum absolute atomic E-state index is 0.260. The summed E-state index contributed by atoms with van der Waals surface area (Å²) in [5.41, 5.74) is 1.62. The van der Waals surface area contributed by atoms with Crippen LogP contribution >= 0.6 is 0 Å². The Kier molecular flexibility index (Phi) is 3.62. The summed E-state index contributed by atoms with van der Waals surface area (Å²) in [5.74, 6) is -0.332. The van der Waals surface area contributed by atoms with Crippen LogP contribution in [0.3, 0.4) is 0 Å². The van der Waals surface area contributed by atoms with Crippen LogP contribution in [-0.2, 0) is 9.53 Å². The number of carbonyl (C=O) groups is 1. The summed E-state index contributed by atoms with van der Waals surface area (Å²) in [7, 11) is 0. The molecule has 1 aromatic carbocycles. The Morgan fingerprint density at radius 3 is 3.05 bits per heavy atom. The maximum atomic E-state index is 13.6. The second-order valence-electron chi connectivity index (χ2n) is 4.87. The number of aromatic nitrogens is 3. The number of rotatable bonds is 3. The monoisotopic (exact) mass is 302 g/mol. The van der Waals surface area contributed by atoms with E-state index in [1.165, 1.54) is 18.5 Å². The highest BCUT2D eigenvalue weighted by Crippen LogP contribution is 2.35. The van der Waals surface area contributed by atoms with Crippen molar-refractivity contribution in [3.8, 4) is 0 Å². The van der Waals surface area contributed by atoms with Crippen molar-refractivity contribution in [2.75, 3.05) is 11.9 Å². The van der Waals surface area contributed by atoms with Crippen molar-refractivity contribution in [2.45, 2.75) is 19.9 Å². The molecule has 1 aliphatic rings. The summed E-state index contributed by atoms with van der Waals surface area (Å²) in [4.78, 5) is 16.4. The van der Waals surface area contributed by atoms with E-state index in [2.05, 4.69) is 15.4 Å². The Morgan fingerprint density at radius 1 is 1.50 bits per heavy atom. The molecule has 2 aromatic rings. The van der Waals surface area contributed by atoms with Gasteiger partial charge in [0, 0.05) is 5.70 Å². The third kappa shape index (κ3) is 2.34. The number of ether oxygens (including phenoxy) is 1. The summed E-state index contributed by atoms with van der Waals surface area (Å²) in [6.45, 7) is 3.76. The van der Waals surface area contributed by atoms with Crippen LogP contribution in [0.2, 0.25) is 0 Å². The molecule has 1 N–H and O–H groups in total. The van der Waals surface area contributed by atoms with Crippen LogP contribution in [0.4, 0.5) is 10.3 Å². The zero-order valence-corrected chi connectivity index (χ0v) is 12.2. The van der Waals surface area contributed by atoms with E-state index in [9.17, 15) is 9.18 Å². The number of benzene rings is 1. The molecule has 22 heavy (non-hydrogen) atoms. The van der Waals surface area contributed by atoms with Gasteiger partial charge in [0.05, 0.1) is 12.2 Å². The van der Waals surface area contributed by atoms with E-state index in [0.29, 0.717) is 22.8 Å². The molecule has 0 saturated carbocycles. The van der Waals surface area contributed by atoms with Crippen LogP contribution in [0.5, 0.6) is 0 Å². The van der Waals surface area contributed by atoms with Crippen molar-refractivity contribution in [3.63, 3.8) is 0 Å². The summed E-state index contributed by atoms with van der Waals surface area (Å²) in [6, 6.07) is 5.51. The van der Waals surface area contributed by atoms with E-state index in [4.69, 9.17) is 4.74 Å². The largest absolute Gasteiger partial charge is 0.463 e. The molecule has 114 valence electrons. The van der Waals surface area contributed by atoms with E-state index >= 15 is 0 Å².